The molecule has 0 amide bonds. The third kappa shape index (κ3) is 2.65. The number of aromatic nitrogens is 1. The molecule has 1 saturated carbocycles. The monoisotopic (exact) mass is 255 g/mol. The van der Waals surface area contributed by atoms with Crippen molar-refractivity contribution in [2.75, 3.05) is 11.1 Å². The summed E-state index contributed by atoms with van der Waals surface area (Å²) in [6.07, 6.45) is 7.00. The highest BCUT2D eigenvalue weighted by molar-refractivity contribution is 5.96. The Hall–Kier alpha value is -1.77. The first-order valence-corrected chi connectivity index (χ1v) is 7.17. The predicted molar refractivity (Wildman–Crippen MR) is 81.2 cm³/mol. The minimum absolute atomic E-state index is 0.531. The molecule has 1 aliphatic carbocycles. The van der Waals surface area contributed by atoms with Gasteiger partial charge in [0.25, 0.3) is 0 Å². The maximum absolute atomic E-state index is 6.27. The second-order valence-corrected chi connectivity index (χ2v) is 5.53. The van der Waals surface area contributed by atoms with Crippen LogP contribution in [-0.4, -0.2) is 11.0 Å². The standard InChI is InChI=1S/C16H21N3/c1-2-12(10-11-5-6-11)19-15-8-7-14-13(16(15)17)4-3-9-18-14/h3-4,7-9,11-12,19H,2,5-6,10,17H2,1H3. The molecule has 1 aliphatic rings. The SMILES string of the molecule is CCC(CC1CC1)Nc1ccc2ncccc2c1N. The van der Waals surface area contributed by atoms with Gasteiger partial charge in [-0.3, -0.25) is 4.98 Å². The molecule has 1 aromatic heterocycles. The highest BCUT2D eigenvalue weighted by Crippen LogP contribution is 2.36. The molecular weight excluding hydrogens is 234 g/mol. The highest BCUT2D eigenvalue weighted by atomic mass is 14.9. The number of hydrogen-bond acceptors (Lipinski definition) is 3. The third-order valence-corrected chi connectivity index (χ3v) is 3.99. The molecule has 1 unspecified atom stereocenters. The number of nitrogens with two attached hydrogens (primary N) is 1. The van der Waals surface area contributed by atoms with E-state index >= 15 is 0 Å². The van der Waals surface area contributed by atoms with Crippen molar-refractivity contribution in [1.29, 1.82) is 0 Å². The summed E-state index contributed by atoms with van der Waals surface area (Å²) >= 11 is 0. The first-order chi connectivity index (χ1) is 9.28. The van der Waals surface area contributed by atoms with E-state index in [-0.39, 0.29) is 0 Å². The molecule has 0 aliphatic heterocycles. The minimum Gasteiger partial charge on any atom is -0.397 e. The molecule has 0 radical (unpaired) electrons. The molecule has 0 bridgehead atoms. The van der Waals surface area contributed by atoms with Crippen molar-refractivity contribution >= 4 is 22.3 Å². The summed E-state index contributed by atoms with van der Waals surface area (Å²) in [6, 6.07) is 8.59. The Morgan fingerprint density at radius 1 is 1.37 bits per heavy atom. The van der Waals surface area contributed by atoms with Crippen molar-refractivity contribution in [2.24, 2.45) is 5.92 Å². The van der Waals surface area contributed by atoms with Crippen LogP contribution in [0.1, 0.15) is 32.6 Å². The summed E-state index contributed by atoms with van der Waals surface area (Å²) in [5, 5.41) is 4.64. The number of anilines is 2. The van der Waals surface area contributed by atoms with E-state index < -0.39 is 0 Å². The smallest absolute Gasteiger partial charge is 0.0724 e. The molecule has 2 aromatic rings. The van der Waals surface area contributed by atoms with Crippen molar-refractivity contribution in [3.05, 3.63) is 30.5 Å². The second kappa shape index (κ2) is 5.08. The Labute approximate surface area is 114 Å². The summed E-state index contributed by atoms with van der Waals surface area (Å²) in [5.74, 6) is 0.931. The quantitative estimate of drug-likeness (QED) is 0.799. The van der Waals surface area contributed by atoms with Crippen LogP contribution in [0.15, 0.2) is 30.5 Å². The molecule has 3 nitrogen and oxygen atoms in total. The lowest BCUT2D eigenvalue weighted by Crippen LogP contribution is -2.19. The van der Waals surface area contributed by atoms with Gasteiger partial charge < -0.3 is 11.1 Å². The normalized spacial score (nSPS) is 16.5. The van der Waals surface area contributed by atoms with Crippen LogP contribution < -0.4 is 11.1 Å². The Bertz CT molecular complexity index is 575. The summed E-state index contributed by atoms with van der Waals surface area (Å²) in [4.78, 5) is 4.33. The van der Waals surface area contributed by atoms with E-state index in [1.807, 2.05) is 18.2 Å². The van der Waals surface area contributed by atoms with Gasteiger partial charge in [0.15, 0.2) is 0 Å². The fourth-order valence-electron chi connectivity index (χ4n) is 2.60. The van der Waals surface area contributed by atoms with Gasteiger partial charge in [0.05, 0.1) is 16.9 Å². The fourth-order valence-corrected chi connectivity index (χ4v) is 2.60. The van der Waals surface area contributed by atoms with E-state index in [1.165, 1.54) is 19.3 Å². The van der Waals surface area contributed by atoms with Crippen LogP contribution in [0, 0.1) is 5.92 Å². The molecular formula is C16H21N3. The Morgan fingerprint density at radius 2 is 2.21 bits per heavy atom. The summed E-state index contributed by atoms with van der Waals surface area (Å²) < 4.78 is 0. The van der Waals surface area contributed by atoms with Gasteiger partial charge in [0.1, 0.15) is 0 Å². The zero-order valence-corrected chi connectivity index (χ0v) is 11.4. The number of hydrogen-bond donors (Lipinski definition) is 2. The molecule has 100 valence electrons. The van der Waals surface area contributed by atoms with Crippen LogP contribution in [0.4, 0.5) is 11.4 Å². The van der Waals surface area contributed by atoms with E-state index in [2.05, 4.69) is 23.3 Å². The van der Waals surface area contributed by atoms with Crippen molar-refractivity contribution < 1.29 is 0 Å². The Kier molecular flexibility index (Phi) is 3.28. The van der Waals surface area contributed by atoms with E-state index in [0.29, 0.717) is 6.04 Å². The fraction of sp³-hybridized carbons (Fsp3) is 0.438. The molecule has 0 spiro atoms. The van der Waals surface area contributed by atoms with Gasteiger partial charge in [-0.1, -0.05) is 19.8 Å². The largest absolute Gasteiger partial charge is 0.397 e. The van der Waals surface area contributed by atoms with Crippen LogP contribution >= 0.6 is 0 Å². The van der Waals surface area contributed by atoms with E-state index in [9.17, 15) is 0 Å². The average Bonchev–Trinajstić information content (AvgIpc) is 3.25. The zero-order valence-electron chi connectivity index (χ0n) is 11.4. The molecule has 1 atom stereocenters. The van der Waals surface area contributed by atoms with Crippen molar-refractivity contribution in [2.45, 2.75) is 38.6 Å². The van der Waals surface area contributed by atoms with Crippen LogP contribution in [0.3, 0.4) is 0 Å². The summed E-state index contributed by atoms with van der Waals surface area (Å²) in [7, 11) is 0. The van der Waals surface area contributed by atoms with Crippen molar-refractivity contribution in [1.82, 2.24) is 4.98 Å². The first-order valence-electron chi connectivity index (χ1n) is 7.17. The average molecular weight is 255 g/mol. The highest BCUT2D eigenvalue weighted by Gasteiger charge is 2.24. The third-order valence-electron chi connectivity index (χ3n) is 3.99. The van der Waals surface area contributed by atoms with E-state index in [0.717, 1.165) is 34.6 Å². The molecule has 1 heterocycles. The molecule has 1 fully saturated rings. The topological polar surface area (TPSA) is 50.9 Å². The number of benzene rings is 1. The van der Waals surface area contributed by atoms with Gasteiger partial charge in [-0.15, -0.1) is 0 Å². The van der Waals surface area contributed by atoms with Crippen LogP contribution in [0.2, 0.25) is 0 Å². The van der Waals surface area contributed by atoms with E-state index in [4.69, 9.17) is 5.73 Å². The summed E-state index contributed by atoms with van der Waals surface area (Å²) in [5.41, 5.74) is 9.09. The van der Waals surface area contributed by atoms with Crippen molar-refractivity contribution in [3.63, 3.8) is 0 Å². The molecule has 1 aromatic carbocycles. The number of nitrogens with zero attached hydrogens (tertiary/aromatic N) is 1. The van der Waals surface area contributed by atoms with Gasteiger partial charge in [-0.05, 0) is 43.0 Å². The predicted octanol–water partition coefficient (Wildman–Crippen LogP) is 3.81. The van der Waals surface area contributed by atoms with Crippen LogP contribution in [0.5, 0.6) is 0 Å². The molecule has 3 N–H and O–H groups in total. The zero-order chi connectivity index (χ0) is 13.2. The minimum atomic E-state index is 0.531. The number of nitrogen functional groups attached to an aromatic ring is 1. The lowest BCUT2D eigenvalue weighted by Gasteiger charge is -2.20. The van der Waals surface area contributed by atoms with E-state index in [1.54, 1.807) is 6.20 Å². The Balaban J connectivity index is 1.85. The number of pyridine rings is 1. The lowest BCUT2D eigenvalue weighted by atomic mass is 10.1. The van der Waals surface area contributed by atoms with Crippen LogP contribution in [-0.2, 0) is 0 Å². The summed E-state index contributed by atoms with van der Waals surface area (Å²) in [6.45, 7) is 2.23. The lowest BCUT2D eigenvalue weighted by molar-refractivity contribution is 0.587. The molecule has 0 saturated heterocycles. The molecule has 3 rings (SSSR count). The molecule has 3 heteroatoms. The number of nitrogens with one attached hydrogen (secondary N) is 1. The van der Waals surface area contributed by atoms with Gasteiger partial charge in [0, 0.05) is 17.6 Å². The first kappa shape index (κ1) is 12.3. The van der Waals surface area contributed by atoms with Crippen LogP contribution in [0.25, 0.3) is 10.9 Å². The van der Waals surface area contributed by atoms with Gasteiger partial charge >= 0.3 is 0 Å². The second-order valence-electron chi connectivity index (χ2n) is 5.53. The van der Waals surface area contributed by atoms with Crippen molar-refractivity contribution in [3.8, 4) is 0 Å². The Morgan fingerprint density at radius 3 is 2.95 bits per heavy atom. The maximum Gasteiger partial charge on any atom is 0.0724 e. The number of rotatable bonds is 5. The van der Waals surface area contributed by atoms with Gasteiger partial charge in [-0.25, -0.2) is 0 Å². The number of fused-ring (bicyclic) bond motifs is 1. The van der Waals surface area contributed by atoms with Gasteiger partial charge in [0.2, 0.25) is 0 Å². The molecule has 19 heavy (non-hydrogen) atoms. The maximum atomic E-state index is 6.27. The van der Waals surface area contributed by atoms with Gasteiger partial charge in [-0.2, -0.15) is 0 Å².